The van der Waals surface area contributed by atoms with Crippen LogP contribution < -0.4 is 10.1 Å². The van der Waals surface area contributed by atoms with Crippen molar-refractivity contribution < 1.29 is 18.3 Å². The van der Waals surface area contributed by atoms with Crippen molar-refractivity contribution in [2.75, 3.05) is 26.2 Å². The standard InChI is InChI=1S/C16H20F2N2O2/c17-15(18)22-13-4-2-1-3-12(13)14(21)20-10-7-16(11-20)5-8-19-9-6-16/h1-4,15,19H,5-11H2. The van der Waals surface area contributed by atoms with E-state index in [0.29, 0.717) is 13.1 Å². The maximum atomic E-state index is 12.7. The topological polar surface area (TPSA) is 41.6 Å². The molecular formula is C16H20F2N2O2. The Kier molecular flexibility index (Phi) is 4.29. The normalized spacial score (nSPS) is 20.6. The molecule has 2 saturated heterocycles. The number of likely N-dealkylation sites (tertiary alicyclic amines) is 1. The van der Waals surface area contributed by atoms with Crippen LogP contribution in [-0.2, 0) is 0 Å². The van der Waals surface area contributed by atoms with E-state index in [2.05, 4.69) is 10.1 Å². The third-order valence-electron chi connectivity index (χ3n) is 4.72. The Balaban J connectivity index is 1.75. The second kappa shape index (κ2) is 6.20. The number of nitrogens with zero attached hydrogens (tertiary/aromatic N) is 1. The number of halogens is 2. The Bertz CT molecular complexity index is 545. The number of para-hydroxylation sites is 1. The quantitative estimate of drug-likeness (QED) is 0.933. The molecule has 1 spiro atoms. The Hall–Kier alpha value is -1.69. The van der Waals surface area contributed by atoms with Gasteiger partial charge in [-0.2, -0.15) is 8.78 Å². The summed E-state index contributed by atoms with van der Waals surface area (Å²) in [5.41, 5.74) is 0.410. The van der Waals surface area contributed by atoms with Gasteiger partial charge in [-0.3, -0.25) is 4.79 Å². The van der Waals surface area contributed by atoms with Gasteiger partial charge in [0, 0.05) is 13.1 Å². The van der Waals surface area contributed by atoms with E-state index in [1.54, 1.807) is 23.1 Å². The molecule has 6 heteroatoms. The van der Waals surface area contributed by atoms with Crippen LogP contribution in [-0.4, -0.2) is 43.6 Å². The Morgan fingerprint density at radius 1 is 1.23 bits per heavy atom. The van der Waals surface area contributed by atoms with Crippen LogP contribution in [0.5, 0.6) is 5.75 Å². The lowest BCUT2D eigenvalue weighted by Gasteiger charge is -2.33. The van der Waals surface area contributed by atoms with Crippen molar-refractivity contribution in [2.24, 2.45) is 5.41 Å². The molecule has 0 unspecified atom stereocenters. The SMILES string of the molecule is O=C(c1ccccc1OC(F)F)N1CCC2(CCNCC2)C1. The zero-order valence-electron chi connectivity index (χ0n) is 12.4. The van der Waals surface area contributed by atoms with Gasteiger partial charge in [0.2, 0.25) is 0 Å². The first-order chi connectivity index (χ1) is 10.6. The van der Waals surface area contributed by atoms with E-state index in [0.717, 1.165) is 32.4 Å². The largest absolute Gasteiger partial charge is 0.434 e. The third kappa shape index (κ3) is 3.06. The van der Waals surface area contributed by atoms with Crippen molar-refractivity contribution in [3.05, 3.63) is 29.8 Å². The van der Waals surface area contributed by atoms with Gasteiger partial charge in [-0.05, 0) is 49.9 Å². The van der Waals surface area contributed by atoms with Gasteiger partial charge in [0.25, 0.3) is 5.91 Å². The van der Waals surface area contributed by atoms with E-state index in [1.165, 1.54) is 6.07 Å². The van der Waals surface area contributed by atoms with E-state index in [-0.39, 0.29) is 22.6 Å². The highest BCUT2D eigenvalue weighted by atomic mass is 19.3. The molecule has 0 atom stereocenters. The Labute approximate surface area is 128 Å². The number of amides is 1. The zero-order valence-corrected chi connectivity index (χ0v) is 12.4. The van der Waals surface area contributed by atoms with Crippen LogP contribution in [0.4, 0.5) is 8.78 Å². The molecule has 1 aromatic carbocycles. The van der Waals surface area contributed by atoms with Crippen LogP contribution in [0.1, 0.15) is 29.6 Å². The van der Waals surface area contributed by atoms with Crippen molar-refractivity contribution in [1.29, 1.82) is 0 Å². The summed E-state index contributed by atoms with van der Waals surface area (Å²) in [4.78, 5) is 14.4. The van der Waals surface area contributed by atoms with Crippen LogP contribution in [0, 0.1) is 5.41 Å². The molecule has 4 nitrogen and oxygen atoms in total. The van der Waals surface area contributed by atoms with Gasteiger partial charge in [0.15, 0.2) is 0 Å². The van der Waals surface area contributed by atoms with Crippen molar-refractivity contribution in [1.82, 2.24) is 10.2 Å². The summed E-state index contributed by atoms with van der Waals surface area (Å²) in [6, 6.07) is 6.22. The number of nitrogens with one attached hydrogen (secondary N) is 1. The van der Waals surface area contributed by atoms with Gasteiger partial charge in [-0.15, -0.1) is 0 Å². The smallest absolute Gasteiger partial charge is 0.387 e. The third-order valence-corrected chi connectivity index (χ3v) is 4.72. The molecule has 2 fully saturated rings. The number of ether oxygens (including phenoxy) is 1. The molecule has 1 N–H and O–H groups in total. The maximum absolute atomic E-state index is 12.7. The average molecular weight is 310 g/mol. The van der Waals surface area contributed by atoms with Gasteiger partial charge in [0.05, 0.1) is 5.56 Å². The zero-order chi connectivity index (χ0) is 15.6. The number of alkyl halides is 2. The minimum absolute atomic E-state index is 0.0474. The highest BCUT2D eigenvalue weighted by Gasteiger charge is 2.41. The lowest BCUT2D eigenvalue weighted by molar-refractivity contribution is -0.0502. The fraction of sp³-hybridized carbons (Fsp3) is 0.562. The summed E-state index contributed by atoms with van der Waals surface area (Å²) >= 11 is 0. The Morgan fingerprint density at radius 2 is 1.95 bits per heavy atom. The molecule has 0 aliphatic carbocycles. The summed E-state index contributed by atoms with van der Waals surface area (Å²) in [5.74, 6) is -0.264. The number of rotatable bonds is 3. The molecule has 2 aliphatic rings. The van der Waals surface area contributed by atoms with Crippen molar-refractivity contribution >= 4 is 5.91 Å². The van der Waals surface area contributed by atoms with Crippen molar-refractivity contribution in [2.45, 2.75) is 25.9 Å². The summed E-state index contributed by atoms with van der Waals surface area (Å²) < 4.78 is 29.4. The van der Waals surface area contributed by atoms with Gasteiger partial charge < -0.3 is 15.0 Å². The second-order valence-corrected chi connectivity index (χ2v) is 6.10. The van der Waals surface area contributed by atoms with E-state index >= 15 is 0 Å². The molecule has 0 radical (unpaired) electrons. The van der Waals surface area contributed by atoms with Crippen LogP contribution >= 0.6 is 0 Å². The van der Waals surface area contributed by atoms with Gasteiger partial charge in [-0.1, -0.05) is 12.1 Å². The molecule has 0 bridgehead atoms. The second-order valence-electron chi connectivity index (χ2n) is 6.10. The number of carbonyl (C=O) groups excluding carboxylic acids is 1. The molecule has 1 amide bonds. The van der Waals surface area contributed by atoms with Crippen LogP contribution in [0.25, 0.3) is 0 Å². The van der Waals surface area contributed by atoms with Gasteiger partial charge in [-0.25, -0.2) is 0 Å². The maximum Gasteiger partial charge on any atom is 0.387 e. The van der Waals surface area contributed by atoms with Crippen LogP contribution in [0.3, 0.4) is 0 Å². The molecular weight excluding hydrogens is 290 g/mol. The van der Waals surface area contributed by atoms with E-state index in [1.807, 2.05) is 0 Å². The van der Waals surface area contributed by atoms with E-state index in [4.69, 9.17) is 0 Å². The Morgan fingerprint density at radius 3 is 2.68 bits per heavy atom. The molecule has 0 saturated carbocycles. The molecule has 120 valence electrons. The number of hydrogen-bond acceptors (Lipinski definition) is 3. The number of benzene rings is 1. The van der Waals surface area contributed by atoms with E-state index < -0.39 is 6.61 Å². The van der Waals surface area contributed by atoms with Crippen molar-refractivity contribution in [3.63, 3.8) is 0 Å². The average Bonchev–Trinajstić information content (AvgIpc) is 2.91. The molecule has 2 aliphatic heterocycles. The minimum Gasteiger partial charge on any atom is -0.434 e. The summed E-state index contributed by atoms with van der Waals surface area (Å²) in [5, 5.41) is 3.34. The molecule has 22 heavy (non-hydrogen) atoms. The number of hydrogen-bond donors (Lipinski definition) is 1. The fourth-order valence-corrected chi connectivity index (χ4v) is 3.49. The molecule has 3 rings (SSSR count). The first-order valence-corrected chi connectivity index (χ1v) is 7.64. The fourth-order valence-electron chi connectivity index (χ4n) is 3.49. The predicted molar refractivity (Wildman–Crippen MR) is 78.1 cm³/mol. The first-order valence-electron chi connectivity index (χ1n) is 7.64. The highest BCUT2D eigenvalue weighted by Crippen LogP contribution is 2.39. The van der Waals surface area contributed by atoms with Gasteiger partial charge >= 0.3 is 6.61 Å². The molecule has 0 aromatic heterocycles. The van der Waals surface area contributed by atoms with E-state index in [9.17, 15) is 13.6 Å². The summed E-state index contributed by atoms with van der Waals surface area (Å²) in [6.45, 7) is 0.418. The minimum atomic E-state index is -2.93. The highest BCUT2D eigenvalue weighted by molar-refractivity contribution is 5.97. The van der Waals surface area contributed by atoms with Gasteiger partial charge in [0.1, 0.15) is 5.75 Å². The summed E-state index contributed by atoms with van der Waals surface area (Å²) in [6.07, 6.45) is 3.11. The first kappa shape index (κ1) is 15.2. The monoisotopic (exact) mass is 310 g/mol. The molecule has 1 aromatic rings. The number of carbonyl (C=O) groups is 1. The summed E-state index contributed by atoms with van der Waals surface area (Å²) in [7, 11) is 0. The predicted octanol–water partition coefficient (Wildman–Crippen LogP) is 2.50. The lowest BCUT2D eigenvalue weighted by atomic mass is 9.78. The molecule has 2 heterocycles. The van der Waals surface area contributed by atoms with Crippen LogP contribution in [0.15, 0.2) is 24.3 Å². The number of piperidine rings is 1. The van der Waals surface area contributed by atoms with Crippen molar-refractivity contribution in [3.8, 4) is 5.75 Å². The van der Waals surface area contributed by atoms with Crippen LogP contribution in [0.2, 0.25) is 0 Å². The lowest BCUT2D eigenvalue weighted by Crippen LogP contribution is -2.39.